The number of nitrogens with one attached hydrogen (secondary N) is 2. The molecule has 1 aliphatic carbocycles. The molecule has 0 saturated heterocycles. The third kappa shape index (κ3) is 3.16. The summed E-state index contributed by atoms with van der Waals surface area (Å²) >= 11 is 0. The lowest BCUT2D eigenvalue weighted by atomic mass is 10.0. The zero-order valence-electron chi connectivity index (χ0n) is 15.1. The molecule has 0 bridgehead atoms. The molecule has 1 atom stereocenters. The fraction of sp³-hybridized carbons (Fsp3) is 0.0909. The maximum absolute atomic E-state index is 4.69. The highest BCUT2D eigenvalue weighted by molar-refractivity contribution is 5.67. The van der Waals surface area contributed by atoms with Crippen LogP contribution in [0.15, 0.2) is 78.9 Å². The number of aromatic nitrogens is 6. The van der Waals surface area contributed by atoms with Gasteiger partial charge < -0.3 is 0 Å². The molecule has 2 aromatic heterocycles. The van der Waals surface area contributed by atoms with E-state index in [2.05, 4.69) is 43.6 Å². The van der Waals surface area contributed by atoms with Crippen molar-refractivity contribution in [2.45, 2.75) is 12.3 Å². The Kier molecular flexibility index (Phi) is 4.14. The van der Waals surface area contributed by atoms with Crippen molar-refractivity contribution >= 4 is 0 Å². The summed E-state index contributed by atoms with van der Waals surface area (Å²) in [5.41, 5.74) is 2.86. The van der Waals surface area contributed by atoms with Crippen LogP contribution in [0.25, 0.3) is 34.2 Å². The van der Waals surface area contributed by atoms with E-state index in [1.54, 1.807) is 0 Å². The molecular weight excluding hydrogens is 348 g/mol. The van der Waals surface area contributed by atoms with Crippen molar-refractivity contribution in [2.75, 3.05) is 0 Å². The highest BCUT2D eigenvalue weighted by Crippen LogP contribution is 2.26. The monoisotopic (exact) mass is 366 g/mol. The van der Waals surface area contributed by atoms with E-state index in [0.717, 1.165) is 34.8 Å². The average molecular weight is 366 g/mol. The largest absolute Gasteiger partial charge is 0.262 e. The summed E-state index contributed by atoms with van der Waals surface area (Å²) in [5, 5.41) is 14.9. The average Bonchev–Trinajstić information content (AvgIpc) is 3.46. The molecule has 2 aromatic carbocycles. The molecular formula is C22H18N6. The zero-order chi connectivity index (χ0) is 18.8. The van der Waals surface area contributed by atoms with Crippen LogP contribution in [0.4, 0.5) is 0 Å². The SMILES string of the molecule is C1=CCC(c2nc(-c3cccc(-c4n[nH]c(-c5ccccc5)n4)c3)n[nH]2)C=C1. The van der Waals surface area contributed by atoms with Crippen LogP contribution in [0.5, 0.6) is 0 Å². The summed E-state index contributed by atoms with van der Waals surface area (Å²) in [4.78, 5) is 9.32. The molecule has 2 N–H and O–H groups in total. The minimum atomic E-state index is 0.246. The van der Waals surface area contributed by atoms with Crippen LogP contribution >= 0.6 is 0 Å². The second-order valence-electron chi connectivity index (χ2n) is 6.65. The Hall–Kier alpha value is -3.80. The number of aromatic amines is 2. The summed E-state index contributed by atoms with van der Waals surface area (Å²) in [6.45, 7) is 0. The van der Waals surface area contributed by atoms with E-state index in [-0.39, 0.29) is 5.92 Å². The number of nitrogens with zero attached hydrogens (tertiary/aromatic N) is 4. The van der Waals surface area contributed by atoms with Gasteiger partial charge in [0.25, 0.3) is 0 Å². The minimum Gasteiger partial charge on any atom is -0.262 e. The fourth-order valence-corrected chi connectivity index (χ4v) is 3.27. The van der Waals surface area contributed by atoms with Gasteiger partial charge in [-0.1, -0.05) is 72.8 Å². The van der Waals surface area contributed by atoms with Crippen LogP contribution in [-0.2, 0) is 0 Å². The first-order valence-electron chi connectivity index (χ1n) is 9.21. The Bertz CT molecular complexity index is 1150. The lowest BCUT2D eigenvalue weighted by Crippen LogP contribution is -1.98. The van der Waals surface area contributed by atoms with Crippen molar-refractivity contribution in [1.82, 2.24) is 30.4 Å². The summed E-state index contributed by atoms with van der Waals surface area (Å²) in [5.74, 6) is 3.20. The van der Waals surface area contributed by atoms with Gasteiger partial charge in [-0.2, -0.15) is 10.2 Å². The van der Waals surface area contributed by atoms with Gasteiger partial charge in [0.2, 0.25) is 0 Å². The zero-order valence-corrected chi connectivity index (χ0v) is 15.1. The van der Waals surface area contributed by atoms with E-state index in [0.29, 0.717) is 11.6 Å². The number of rotatable bonds is 4. The number of allylic oxidation sites excluding steroid dienone is 4. The summed E-state index contributed by atoms with van der Waals surface area (Å²) in [6.07, 6.45) is 9.31. The second kappa shape index (κ2) is 7.08. The molecule has 2 heterocycles. The lowest BCUT2D eigenvalue weighted by molar-refractivity contribution is 0.778. The van der Waals surface area contributed by atoms with Crippen LogP contribution in [-0.4, -0.2) is 30.4 Å². The Labute approximate surface area is 162 Å². The van der Waals surface area contributed by atoms with Gasteiger partial charge in [0.15, 0.2) is 17.5 Å². The first kappa shape index (κ1) is 16.4. The first-order valence-corrected chi connectivity index (χ1v) is 9.21. The molecule has 0 fully saturated rings. The molecule has 28 heavy (non-hydrogen) atoms. The van der Waals surface area contributed by atoms with E-state index in [9.17, 15) is 0 Å². The Morgan fingerprint density at radius 2 is 1.50 bits per heavy atom. The predicted octanol–water partition coefficient (Wildman–Crippen LogP) is 4.52. The van der Waals surface area contributed by atoms with E-state index >= 15 is 0 Å². The fourth-order valence-electron chi connectivity index (χ4n) is 3.27. The third-order valence-electron chi connectivity index (χ3n) is 4.75. The van der Waals surface area contributed by atoms with Crippen molar-refractivity contribution in [3.05, 3.63) is 84.7 Å². The molecule has 0 saturated carbocycles. The van der Waals surface area contributed by atoms with Crippen molar-refractivity contribution in [1.29, 1.82) is 0 Å². The normalized spacial score (nSPS) is 15.8. The van der Waals surface area contributed by atoms with E-state index < -0.39 is 0 Å². The standard InChI is InChI=1S/C22H18N6/c1-3-8-15(9-4-1)19-23-21(27-25-19)17-12-7-13-18(14-17)22-24-20(26-28-22)16-10-5-2-6-11-16/h1-10,12-14,16H,11H2,(H,23,25,27)(H,24,26,28). The van der Waals surface area contributed by atoms with Gasteiger partial charge in [0, 0.05) is 22.6 Å². The van der Waals surface area contributed by atoms with Gasteiger partial charge in [0.1, 0.15) is 5.82 Å². The molecule has 1 unspecified atom stereocenters. The number of hydrogen-bond donors (Lipinski definition) is 2. The van der Waals surface area contributed by atoms with Gasteiger partial charge in [-0.15, -0.1) is 0 Å². The van der Waals surface area contributed by atoms with Gasteiger partial charge >= 0.3 is 0 Å². The Morgan fingerprint density at radius 1 is 0.750 bits per heavy atom. The Balaban J connectivity index is 1.43. The highest BCUT2D eigenvalue weighted by Gasteiger charge is 2.15. The summed E-state index contributed by atoms with van der Waals surface area (Å²) in [6, 6.07) is 17.9. The van der Waals surface area contributed by atoms with E-state index in [4.69, 9.17) is 4.98 Å². The maximum atomic E-state index is 4.69. The van der Waals surface area contributed by atoms with Gasteiger partial charge in [-0.3, -0.25) is 10.2 Å². The quantitative estimate of drug-likeness (QED) is 0.556. The number of H-pyrrole nitrogens is 2. The molecule has 6 heteroatoms. The molecule has 0 amide bonds. The topological polar surface area (TPSA) is 83.1 Å². The highest BCUT2D eigenvalue weighted by atomic mass is 15.2. The maximum Gasteiger partial charge on any atom is 0.181 e. The molecule has 6 nitrogen and oxygen atoms in total. The molecule has 0 radical (unpaired) electrons. The third-order valence-corrected chi connectivity index (χ3v) is 4.75. The lowest BCUT2D eigenvalue weighted by Gasteiger charge is -2.08. The molecule has 1 aliphatic rings. The van der Waals surface area contributed by atoms with E-state index in [1.165, 1.54) is 0 Å². The second-order valence-corrected chi connectivity index (χ2v) is 6.65. The predicted molar refractivity (Wildman–Crippen MR) is 108 cm³/mol. The van der Waals surface area contributed by atoms with Crippen LogP contribution in [0.3, 0.4) is 0 Å². The van der Waals surface area contributed by atoms with Crippen molar-refractivity contribution in [3.63, 3.8) is 0 Å². The van der Waals surface area contributed by atoms with Crippen LogP contribution in [0, 0.1) is 0 Å². The molecule has 136 valence electrons. The van der Waals surface area contributed by atoms with Crippen molar-refractivity contribution in [2.24, 2.45) is 0 Å². The van der Waals surface area contributed by atoms with Gasteiger partial charge in [0.05, 0.1) is 0 Å². The first-order chi connectivity index (χ1) is 13.9. The van der Waals surface area contributed by atoms with E-state index in [1.807, 2.05) is 60.7 Å². The smallest absolute Gasteiger partial charge is 0.181 e. The molecule has 0 aliphatic heterocycles. The molecule has 5 rings (SSSR count). The Morgan fingerprint density at radius 3 is 2.29 bits per heavy atom. The number of benzene rings is 2. The van der Waals surface area contributed by atoms with Gasteiger partial charge in [-0.05, 0) is 12.5 Å². The molecule has 0 spiro atoms. The number of hydrogen-bond acceptors (Lipinski definition) is 4. The van der Waals surface area contributed by atoms with Crippen molar-refractivity contribution < 1.29 is 0 Å². The van der Waals surface area contributed by atoms with Gasteiger partial charge in [-0.25, -0.2) is 9.97 Å². The van der Waals surface area contributed by atoms with Crippen LogP contribution < -0.4 is 0 Å². The summed E-state index contributed by atoms with van der Waals surface area (Å²) in [7, 11) is 0. The minimum absolute atomic E-state index is 0.246. The summed E-state index contributed by atoms with van der Waals surface area (Å²) < 4.78 is 0. The molecule has 4 aromatic rings. The van der Waals surface area contributed by atoms with Crippen molar-refractivity contribution in [3.8, 4) is 34.2 Å². The van der Waals surface area contributed by atoms with Crippen LogP contribution in [0.2, 0.25) is 0 Å². The van der Waals surface area contributed by atoms with Crippen LogP contribution in [0.1, 0.15) is 18.2 Å².